The standard InChI is InChI=1S/C10H9ClO2S/c1-13-8-3-2-6(5-12)7-4-9(11)14-10(7)8/h2-4,12H,5H2,1H3. The van der Waals surface area contributed by atoms with Crippen LogP contribution in [0.15, 0.2) is 18.2 Å². The number of rotatable bonds is 2. The molecule has 0 radical (unpaired) electrons. The third-order valence-corrected chi connectivity index (χ3v) is 3.38. The molecule has 1 aromatic heterocycles. The van der Waals surface area contributed by atoms with Crippen LogP contribution < -0.4 is 4.74 Å². The van der Waals surface area contributed by atoms with Crippen LogP contribution in [0.3, 0.4) is 0 Å². The average Bonchev–Trinajstić information content (AvgIpc) is 2.57. The summed E-state index contributed by atoms with van der Waals surface area (Å²) in [6.07, 6.45) is 0. The van der Waals surface area contributed by atoms with E-state index in [9.17, 15) is 0 Å². The number of halogens is 1. The Kier molecular flexibility index (Phi) is 2.63. The molecule has 0 aliphatic heterocycles. The van der Waals surface area contributed by atoms with Gasteiger partial charge >= 0.3 is 0 Å². The lowest BCUT2D eigenvalue weighted by Gasteiger charge is -2.03. The third-order valence-electron chi connectivity index (χ3n) is 2.10. The van der Waals surface area contributed by atoms with Crippen LogP contribution in [-0.4, -0.2) is 12.2 Å². The Morgan fingerprint density at radius 3 is 2.93 bits per heavy atom. The quantitative estimate of drug-likeness (QED) is 0.856. The van der Waals surface area contributed by atoms with Gasteiger partial charge in [-0.1, -0.05) is 17.7 Å². The predicted molar refractivity (Wildman–Crippen MR) is 59.3 cm³/mol. The highest BCUT2D eigenvalue weighted by atomic mass is 35.5. The van der Waals surface area contributed by atoms with E-state index in [1.807, 2.05) is 18.2 Å². The third kappa shape index (κ3) is 1.47. The molecule has 14 heavy (non-hydrogen) atoms. The molecule has 2 rings (SSSR count). The van der Waals surface area contributed by atoms with Crippen LogP contribution in [0.25, 0.3) is 10.1 Å². The average molecular weight is 229 g/mol. The van der Waals surface area contributed by atoms with E-state index in [0.29, 0.717) is 4.34 Å². The number of ether oxygens (including phenoxy) is 1. The molecule has 1 aromatic carbocycles. The zero-order valence-corrected chi connectivity index (χ0v) is 9.15. The van der Waals surface area contributed by atoms with Crippen molar-refractivity contribution in [1.82, 2.24) is 0 Å². The van der Waals surface area contributed by atoms with Gasteiger partial charge in [0.1, 0.15) is 5.75 Å². The maximum atomic E-state index is 9.13. The molecular weight excluding hydrogens is 220 g/mol. The van der Waals surface area contributed by atoms with E-state index < -0.39 is 0 Å². The molecule has 2 aromatic rings. The topological polar surface area (TPSA) is 29.5 Å². The van der Waals surface area contributed by atoms with Gasteiger partial charge in [0.05, 0.1) is 22.8 Å². The number of aliphatic hydroxyl groups is 1. The minimum Gasteiger partial charge on any atom is -0.495 e. The SMILES string of the molecule is COc1ccc(CO)c2cc(Cl)sc12. The molecule has 0 amide bonds. The van der Waals surface area contributed by atoms with Gasteiger partial charge in [0.15, 0.2) is 0 Å². The Hall–Kier alpha value is -0.770. The number of thiophene rings is 1. The van der Waals surface area contributed by atoms with E-state index in [1.165, 1.54) is 11.3 Å². The van der Waals surface area contributed by atoms with Crippen LogP contribution in [0.1, 0.15) is 5.56 Å². The highest BCUT2D eigenvalue weighted by Crippen LogP contribution is 2.37. The molecular formula is C10H9ClO2S. The number of benzene rings is 1. The van der Waals surface area contributed by atoms with E-state index in [2.05, 4.69) is 0 Å². The first-order chi connectivity index (χ1) is 6.76. The maximum Gasteiger partial charge on any atom is 0.136 e. The van der Waals surface area contributed by atoms with Crippen LogP contribution in [0.4, 0.5) is 0 Å². The second kappa shape index (κ2) is 3.77. The number of hydrogen-bond donors (Lipinski definition) is 1. The summed E-state index contributed by atoms with van der Waals surface area (Å²) in [5.74, 6) is 0.800. The molecule has 1 heterocycles. The molecule has 0 spiro atoms. The van der Waals surface area contributed by atoms with E-state index in [1.54, 1.807) is 7.11 Å². The van der Waals surface area contributed by atoms with E-state index in [-0.39, 0.29) is 6.61 Å². The first kappa shape index (κ1) is 9.77. The molecule has 0 unspecified atom stereocenters. The number of aliphatic hydroxyl groups excluding tert-OH is 1. The second-order valence-corrected chi connectivity index (χ2v) is 4.56. The van der Waals surface area contributed by atoms with Crippen LogP contribution in [0, 0.1) is 0 Å². The predicted octanol–water partition coefficient (Wildman–Crippen LogP) is 3.06. The Morgan fingerprint density at radius 2 is 2.29 bits per heavy atom. The molecule has 74 valence electrons. The van der Waals surface area contributed by atoms with E-state index in [4.69, 9.17) is 21.4 Å². The lowest BCUT2D eigenvalue weighted by Crippen LogP contribution is -1.87. The van der Waals surface area contributed by atoms with Gasteiger partial charge in [-0.2, -0.15) is 0 Å². The van der Waals surface area contributed by atoms with Gasteiger partial charge in [-0.3, -0.25) is 0 Å². The molecule has 2 nitrogen and oxygen atoms in total. The van der Waals surface area contributed by atoms with Crippen molar-refractivity contribution >= 4 is 33.0 Å². The van der Waals surface area contributed by atoms with Crippen molar-refractivity contribution in [2.45, 2.75) is 6.61 Å². The van der Waals surface area contributed by atoms with E-state index in [0.717, 1.165) is 21.4 Å². The summed E-state index contributed by atoms with van der Waals surface area (Å²) in [7, 11) is 1.63. The second-order valence-electron chi connectivity index (χ2n) is 2.88. The highest BCUT2D eigenvalue weighted by Gasteiger charge is 2.09. The Morgan fingerprint density at radius 1 is 1.50 bits per heavy atom. The molecule has 4 heteroatoms. The zero-order chi connectivity index (χ0) is 10.1. The summed E-state index contributed by atoms with van der Waals surface area (Å²) in [6.45, 7) is 0.0214. The molecule has 0 saturated carbocycles. The van der Waals surface area contributed by atoms with Gasteiger partial charge in [0.25, 0.3) is 0 Å². The van der Waals surface area contributed by atoms with Crippen molar-refractivity contribution < 1.29 is 9.84 Å². The first-order valence-corrected chi connectivity index (χ1v) is 5.31. The van der Waals surface area contributed by atoms with Gasteiger partial charge in [-0.25, -0.2) is 0 Å². The van der Waals surface area contributed by atoms with Gasteiger partial charge in [0, 0.05) is 5.39 Å². The number of methoxy groups -OCH3 is 1. The van der Waals surface area contributed by atoms with Gasteiger partial charge in [-0.05, 0) is 17.7 Å². The summed E-state index contributed by atoms with van der Waals surface area (Å²) < 4.78 is 6.91. The van der Waals surface area contributed by atoms with Crippen LogP contribution in [0.5, 0.6) is 5.75 Å². The maximum absolute atomic E-state index is 9.13. The summed E-state index contributed by atoms with van der Waals surface area (Å²) >= 11 is 7.38. The van der Waals surface area contributed by atoms with Crippen LogP contribution in [0.2, 0.25) is 4.34 Å². The Balaban J connectivity index is 2.77. The van der Waals surface area contributed by atoms with E-state index >= 15 is 0 Å². The zero-order valence-electron chi connectivity index (χ0n) is 7.58. The van der Waals surface area contributed by atoms with Gasteiger partial charge < -0.3 is 9.84 Å². The van der Waals surface area contributed by atoms with Gasteiger partial charge in [0.2, 0.25) is 0 Å². The molecule has 0 atom stereocenters. The van der Waals surface area contributed by atoms with Gasteiger partial charge in [-0.15, -0.1) is 11.3 Å². The first-order valence-electron chi connectivity index (χ1n) is 4.12. The number of fused-ring (bicyclic) bond motifs is 1. The monoisotopic (exact) mass is 228 g/mol. The van der Waals surface area contributed by atoms with Crippen molar-refractivity contribution in [1.29, 1.82) is 0 Å². The summed E-state index contributed by atoms with van der Waals surface area (Å²) in [5.41, 5.74) is 0.879. The molecule has 0 bridgehead atoms. The molecule has 1 N–H and O–H groups in total. The lowest BCUT2D eigenvalue weighted by atomic mass is 10.1. The molecule has 0 saturated heterocycles. The largest absolute Gasteiger partial charge is 0.495 e. The molecule has 0 aliphatic carbocycles. The fourth-order valence-corrected chi connectivity index (χ4v) is 2.69. The van der Waals surface area contributed by atoms with Crippen molar-refractivity contribution in [3.8, 4) is 5.75 Å². The highest BCUT2D eigenvalue weighted by molar-refractivity contribution is 7.23. The number of hydrogen-bond acceptors (Lipinski definition) is 3. The van der Waals surface area contributed by atoms with Crippen LogP contribution >= 0.6 is 22.9 Å². The van der Waals surface area contributed by atoms with Crippen LogP contribution in [-0.2, 0) is 6.61 Å². The summed E-state index contributed by atoms with van der Waals surface area (Å²) in [4.78, 5) is 0. The minimum absolute atomic E-state index is 0.0214. The molecule has 0 fully saturated rings. The van der Waals surface area contributed by atoms with Crippen molar-refractivity contribution in [2.24, 2.45) is 0 Å². The normalized spacial score (nSPS) is 10.8. The van der Waals surface area contributed by atoms with Crippen molar-refractivity contribution in [2.75, 3.05) is 7.11 Å². The fourth-order valence-electron chi connectivity index (χ4n) is 1.42. The smallest absolute Gasteiger partial charge is 0.136 e. The molecule has 0 aliphatic rings. The fraction of sp³-hybridized carbons (Fsp3) is 0.200. The summed E-state index contributed by atoms with van der Waals surface area (Å²) in [5, 5.41) is 10.1. The van der Waals surface area contributed by atoms with Crippen molar-refractivity contribution in [3.63, 3.8) is 0 Å². The lowest BCUT2D eigenvalue weighted by molar-refractivity contribution is 0.283. The minimum atomic E-state index is 0.0214. The van der Waals surface area contributed by atoms with Crippen molar-refractivity contribution in [3.05, 3.63) is 28.1 Å². The Labute approximate surface area is 90.7 Å². The summed E-state index contributed by atoms with van der Waals surface area (Å²) in [6, 6.07) is 5.56. The Bertz CT molecular complexity index is 423.